The van der Waals surface area contributed by atoms with Crippen molar-refractivity contribution in [2.45, 2.75) is 6.92 Å². The molecule has 0 heterocycles. The third-order valence-electron chi connectivity index (χ3n) is 3.51. The summed E-state index contributed by atoms with van der Waals surface area (Å²) in [5.41, 5.74) is 2.26. The lowest BCUT2D eigenvalue weighted by molar-refractivity contribution is 0.295. The smallest absolute Gasteiger partial charge is 0.174 e. The molecule has 0 aliphatic heterocycles. The highest BCUT2D eigenvalue weighted by Gasteiger charge is 2.12. The van der Waals surface area contributed by atoms with E-state index in [0.29, 0.717) is 30.3 Å². The minimum atomic E-state index is 0.403. The molecule has 0 bridgehead atoms. The number of methoxy groups -OCH3 is 1. The fourth-order valence-corrected chi connectivity index (χ4v) is 3.12. The predicted octanol–water partition coefficient (Wildman–Crippen LogP) is 5.33. The van der Waals surface area contributed by atoms with Crippen molar-refractivity contribution in [3.63, 3.8) is 0 Å². The van der Waals surface area contributed by atoms with E-state index < -0.39 is 0 Å². The Balaban J connectivity index is 2.43. The maximum atomic E-state index is 9.56. The second-order valence-corrected chi connectivity index (χ2v) is 6.42. The molecule has 0 aromatic heterocycles. The molecule has 26 heavy (non-hydrogen) atoms. The van der Waals surface area contributed by atoms with Crippen molar-refractivity contribution < 1.29 is 14.2 Å². The number of rotatable bonds is 8. The van der Waals surface area contributed by atoms with Gasteiger partial charge in [0, 0.05) is 0 Å². The number of nitriles is 1. The number of hydrogen-bond acceptors (Lipinski definition) is 4. The van der Waals surface area contributed by atoms with Crippen LogP contribution < -0.4 is 14.2 Å². The molecule has 5 heteroatoms. The van der Waals surface area contributed by atoms with E-state index >= 15 is 0 Å². The van der Waals surface area contributed by atoms with Crippen molar-refractivity contribution >= 4 is 34.2 Å². The first-order valence-corrected chi connectivity index (χ1v) is 9.17. The Labute approximate surface area is 167 Å². The third-order valence-corrected chi connectivity index (χ3v) is 4.31. The van der Waals surface area contributed by atoms with Gasteiger partial charge in [0.25, 0.3) is 0 Å². The molecule has 0 amide bonds. The highest BCUT2D eigenvalue weighted by Crippen LogP contribution is 2.35. The number of nitrogens with zero attached hydrogens (tertiary/aromatic N) is 1. The molecule has 0 unspecified atom stereocenters. The van der Waals surface area contributed by atoms with Crippen LogP contribution in [0.5, 0.6) is 17.2 Å². The van der Waals surface area contributed by atoms with Crippen molar-refractivity contribution in [3.05, 3.63) is 63.8 Å². The van der Waals surface area contributed by atoms with Gasteiger partial charge in [-0.05, 0) is 83.1 Å². The maximum Gasteiger partial charge on any atom is 0.174 e. The molecule has 0 radical (unpaired) electrons. The molecule has 0 aliphatic carbocycles. The van der Waals surface area contributed by atoms with Gasteiger partial charge >= 0.3 is 0 Å². The first kappa shape index (κ1) is 19.9. The molecule has 0 spiro atoms. The van der Waals surface area contributed by atoms with E-state index in [4.69, 9.17) is 14.2 Å². The van der Waals surface area contributed by atoms with E-state index in [9.17, 15) is 5.26 Å². The van der Waals surface area contributed by atoms with Gasteiger partial charge in [-0.15, -0.1) is 0 Å². The van der Waals surface area contributed by atoms with Gasteiger partial charge in [-0.3, -0.25) is 0 Å². The summed E-state index contributed by atoms with van der Waals surface area (Å²) in [6.45, 7) is 6.52. The summed E-state index contributed by atoms with van der Waals surface area (Å²) in [4.78, 5) is 0. The largest absolute Gasteiger partial charge is 0.497 e. The lowest BCUT2D eigenvalue weighted by atomic mass is 10.0. The van der Waals surface area contributed by atoms with Crippen molar-refractivity contribution in [3.8, 4) is 23.3 Å². The normalized spacial score (nSPS) is 10.8. The molecule has 2 rings (SSSR count). The molecule has 2 aromatic carbocycles. The Morgan fingerprint density at radius 1 is 1.23 bits per heavy atom. The SMILES string of the molecule is C=CCOc1c(I)cc(/C=C(\C#N)c2ccc(OC)cc2)cc1OCC. The molecule has 4 nitrogen and oxygen atoms in total. The second-order valence-electron chi connectivity index (χ2n) is 5.26. The van der Waals surface area contributed by atoms with E-state index in [-0.39, 0.29) is 0 Å². The zero-order valence-electron chi connectivity index (χ0n) is 14.8. The van der Waals surface area contributed by atoms with Crippen LogP contribution in [-0.2, 0) is 0 Å². The minimum Gasteiger partial charge on any atom is -0.497 e. The topological polar surface area (TPSA) is 51.5 Å². The fraction of sp³-hybridized carbons (Fsp3) is 0.190. The average molecular weight is 461 g/mol. The van der Waals surface area contributed by atoms with Crippen molar-refractivity contribution in [2.75, 3.05) is 20.3 Å². The van der Waals surface area contributed by atoms with Gasteiger partial charge in [0.05, 0.1) is 28.9 Å². The van der Waals surface area contributed by atoms with Gasteiger partial charge in [0.1, 0.15) is 12.4 Å². The second kappa shape index (κ2) is 9.88. The highest BCUT2D eigenvalue weighted by atomic mass is 127. The average Bonchev–Trinajstić information content (AvgIpc) is 2.66. The summed E-state index contributed by atoms with van der Waals surface area (Å²) >= 11 is 2.21. The predicted molar refractivity (Wildman–Crippen MR) is 112 cm³/mol. The van der Waals surface area contributed by atoms with Gasteiger partial charge in [-0.25, -0.2) is 0 Å². The van der Waals surface area contributed by atoms with Crippen molar-refractivity contribution in [2.24, 2.45) is 0 Å². The van der Waals surface area contributed by atoms with Gasteiger partial charge in [0.15, 0.2) is 11.5 Å². The van der Waals surface area contributed by atoms with Gasteiger partial charge < -0.3 is 14.2 Å². The zero-order valence-corrected chi connectivity index (χ0v) is 16.9. The van der Waals surface area contributed by atoms with Crippen LogP contribution in [0.15, 0.2) is 49.1 Å². The highest BCUT2D eigenvalue weighted by molar-refractivity contribution is 14.1. The Hall–Kier alpha value is -2.46. The molecule has 0 atom stereocenters. The number of ether oxygens (including phenoxy) is 3. The van der Waals surface area contributed by atoms with Crippen molar-refractivity contribution in [1.29, 1.82) is 5.26 Å². The van der Waals surface area contributed by atoms with Crippen LogP contribution in [0.2, 0.25) is 0 Å². The van der Waals surface area contributed by atoms with Gasteiger partial charge in [0.2, 0.25) is 0 Å². The molecule has 134 valence electrons. The Morgan fingerprint density at radius 3 is 2.54 bits per heavy atom. The molecule has 0 saturated heterocycles. The lowest BCUT2D eigenvalue weighted by Crippen LogP contribution is -2.01. The lowest BCUT2D eigenvalue weighted by Gasteiger charge is -2.14. The standard InChI is InChI=1S/C21H20INO3/c1-4-10-26-21-19(22)12-15(13-20(21)25-5-2)11-17(14-23)16-6-8-18(24-3)9-7-16/h4,6-9,11-13H,1,5,10H2,2-3H3/b17-11+. The molecule has 0 saturated carbocycles. The third kappa shape index (κ3) is 5.02. The van der Waals surface area contributed by atoms with Crippen LogP contribution in [0.3, 0.4) is 0 Å². The first-order chi connectivity index (χ1) is 12.6. The van der Waals surface area contributed by atoms with Crippen LogP contribution in [0, 0.1) is 14.9 Å². The first-order valence-electron chi connectivity index (χ1n) is 8.09. The summed E-state index contributed by atoms with van der Waals surface area (Å²) in [7, 11) is 1.61. The van der Waals surface area contributed by atoms with Crippen LogP contribution in [0.25, 0.3) is 11.6 Å². The molecule has 0 aliphatic rings. The van der Waals surface area contributed by atoms with E-state index in [1.807, 2.05) is 49.4 Å². The Bertz CT molecular complexity index is 836. The van der Waals surface area contributed by atoms with E-state index in [1.54, 1.807) is 13.2 Å². The minimum absolute atomic E-state index is 0.403. The number of allylic oxidation sites excluding steroid dienone is 1. The van der Waals surface area contributed by atoms with Gasteiger partial charge in [-0.1, -0.05) is 12.7 Å². The van der Waals surface area contributed by atoms with Crippen LogP contribution >= 0.6 is 22.6 Å². The van der Waals surface area contributed by atoms with E-state index in [1.165, 1.54) is 0 Å². The fourth-order valence-electron chi connectivity index (χ4n) is 2.33. The molecular formula is C21H20INO3. The summed E-state index contributed by atoms with van der Waals surface area (Å²) in [6.07, 6.45) is 3.53. The van der Waals surface area contributed by atoms with E-state index in [2.05, 4.69) is 35.2 Å². The van der Waals surface area contributed by atoms with Gasteiger partial charge in [-0.2, -0.15) is 5.26 Å². The summed E-state index contributed by atoms with van der Waals surface area (Å²) < 4.78 is 17.5. The monoisotopic (exact) mass is 461 g/mol. The number of hydrogen-bond donors (Lipinski definition) is 0. The summed E-state index contributed by atoms with van der Waals surface area (Å²) in [6, 6.07) is 13.5. The zero-order chi connectivity index (χ0) is 18.9. The van der Waals surface area contributed by atoms with Crippen LogP contribution in [-0.4, -0.2) is 20.3 Å². The Morgan fingerprint density at radius 2 is 1.96 bits per heavy atom. The molecular weight excluding hydrogens is 441 g/mol. The molecule has 2 aromatic rings. The molecule has 0 fully saturated rings. The van der Waals surface area contributed by atoms with Crippen LogP contribution in [0.4, 0.5) is 0 Å². The molecule has 0 N–H and O–H groups in total. The number of benzene rings is 2. The van der Waals surface area contributed by atoms with Crippen LogP contribution in [0.1, 0.15) is 18.1 Å². The quantitative estimate of drug-likeness (QED) is 0.231. The summed E-state index contributed by atoms with van der Waals surface area (Å²) in [5.74, 6) is 2.09. The number of halogens is 1. The Kier molecular flexibility index (Phi) is 7.54. The van der Waals surface area contributed by atoms with Crippen molar-refractivity contribution in [1.82, 2.24) is 0 Å². The van der Waals surface area contributed by atoms with E-state index in [0.717, 1.165) is 20.4 Å². The summed E-state index contributed by atoms with van der Waals surface area (Å²) in [5, 5.41) is 9.56. The maximum absolute atomic E-state index is 9.56.